The summed E-state index contributed by atoms with van der Waals surface area (Å²) in [6, 6.07) is 15.6. The fourth-order valence-electron chi connectivity index (χ4n) is 2.56. The van der Waals surface area contributed by atoms with Crippen molar-refractivity contribution in [1.82, 2.24) is 10.3 Å². The van der Waals surface area contributed by atoms with E-state index in [1.807, 2.05) is 31.2 Å². The first-order chi connectivity index (χ1) is 13.2. The number of carbonyl (C=O) groups excluding carboxylic acids is 1. The molecule has 0 unspecified atom stereocenters. The Morgan fingerprint density at radius 3 is 2.70 bits per heavy atom. The van der Waals surface area contributed by atoms with Crippen molar-refractivity contribution in [3.8, 4) is 5.75 Å². The summed E-state index contributed by atoms with van der Waals surface area (Å²) in [6.45, 7) is 2.57. The molecule has 0 radical (unpaired) electrons. The molecule has 0 saturated carbocycles. The Labute approximate surface area is 157 Å². The number of amides is 1. The van der Waals surface area contributed by atoms with Gasteiger partial charge < -0.3 is 15.4 Å². The minimum atomic E-state index is -0.348. The molecular weight excluding hydrogens is 345 g/mol. The van der Waals surface area contributed by atoms with Crippen molar-refractivity contribution in [1.29, 1.82) is 0 Å². The number of carbonyl (C=O) groups is 1. The second-order valence-electron chi connectivity index (χ2n) is 5.79. The van der Waals surface area contributed by atoms with E-state index in [0.717, 1.165) is 11.4 Å². The summed E-state index contributed by atoms with van der Waals surface area (Å²) in [5.41, 5.74) is 2.25. The van der Waals surface area contributed by atoms with Crippen molar-refractivity contribution in [3.05, 3.63) is 83.9 Å². The summed E-state index contributed by atoms with van der Waals surface area (Å²) in [5, 5.41) is 5.92. The Morgan fingerprint density at radius 2 is 1.89 bits per heavy atom. The number of rotatable bonds is 7. The third-order valence-electron chi connectivity index (χ3n) is 3.86. The minimum absolute atomic E-state index is 0.107. The summed E-state index contributed by atoms with van der Waals surface area (Å²) >= 11 is 0. The fraction of sp³-hybridized carbons (Fsp3) is 0.143. The van der Waals surface area contributed by atoms with Crippen LogP contribution in [0.5, 0.6) is 5.75 Å². The molecular formula is C21H20FN3O2. The minimum Gasteiger partial charge on any atom is -0.492 e. The van der Waals surface area contributed by atoms with Gasteiger partial charge in [0.25, 0.3) is 5.91 Å². The molecule has 1 heterocycles. The average molecular weight is 365 g/mol. The van der Waals surface area contributed by atoms with Crippen LogP contribution in [-0.4, -0.2) is 17.5 Å². The number of hydrogen-bond acceptors (Lipinski definition) is 4. The lowest BCUT2D eigenvalue weighted by molar-refractivity contribution is 0.0950. The lowest BCUT2D eigenvalue weighted by Crippen LogP contribution is -2.23. The number of ether oxygens (including phenoxy) is 1. The SMILES string of the molecule is CCOc1ccccc1Nc1cncc(C(=O)NCc2ccccc2F)c1. The van der Waals surface area contributed by atoms with Gasteiger partial charge in [0.05, 0.1) is 29.7 Å². The predicted molar refractivity (Wildman–Crippen MR) is 103 cm³/mol. The summed E-state index contributed by atoms with van der Waals surface area (Å²) in [4.78, 5) is 16.5. The second kappa shape index (κ2) is 8.80. The normalized spacial score (nSPS) is 10.3. The zero-order chi connectivity index (χ0) is 19.1. The van der Waals surface area contributed by atoms with Crippen LogP contribution in [0.15, 0.2) is 67.0 Å². The highest BCUT2D eigenvalue weighted by Crippen LogP contribution is 2.27. The molecule has 5 nitrogen and oxygen atoms in total. The van der Waals surface area contributed by atoms with Crippen LogP contribution in [0.25, 0.3) is 0 Å². The van der Waals surface area contributed by atoms with Gasteiger partial charge in [-0.3, -0.25) is 9.78 Å². The number of halogens is 1. The van der Waals surface area contributed by atoms with E-state index < -0.39 is 0 Å². The number of pyridine rings is 1. The maximum absolute atomic E-state index is 13.7. The third kappa shape index (κ3) is 4.82. The number of aromatic nitrogens is 1. The molecule has 0 saturated heterocycles. The molecule has 1 aromatic heterocycles. The highest BCUT2D eigenvalue weighted by molar-refractivity contribution is 5.94. The lowest BCUT2D eigenvalue weighted by atomic mass is 10.2. The summed E-state index contributed by atoms with van der Waals surface area (Å²) < 4.78 is 19.3. The molecule has 0 bridgehead atoms. The zero-order valence-electron chi connectivity index (χ0n) is 14.9. The molecule has 1 amide bonds. The third-order valence-corrected chi connectivity index (χ3v) is 3.86. The van der Waals surface area contributed by atoms with Crippen molar-refractivity contribution in [2.24, 2.45) is 0 Å². The van der Waals surface area contributed by atoms with Crippen molar-refractivity contribution in [2.75, 3.05) is 11.9 Å². The molecule has 0 spiro atoms. The van der Waals surface area contributed by atoms with E-state index in [4.69, 9.17) is 4.74 Å². The largest absolute Gasteiger partial charge is 0.492 e. The van der Waals surface area contributed by atoms with Gasteiger partial charge in [-0.25, -0.2) is 4.39 Å². The van der Waals surface area contributed by atoms with E-state index >= 15 is 0 Å². The van der Waals surface area contributed by atoms with E-state index in [0.29, 0.717) is 23.4 Å². The summed E-state index contributed by atoms with van der Waals surface area (Å²) in [6.07, 6.45) is 3.09. The number of para-hydroxylation sites is 2. The topological polar surface area (TPSA) is 63.2 Å². The van der Waals surface area contributed by atoms with Crippen LogP contribution in [-0.2, 0) is 6.54 Å². The molecule has 2 N–H and O–H groups in total. The number of nitrogens with one attached hydrogen (secondary N) is 2. The Hall–Kier alpha value is -3.41. The number of nitrogens with zero attached hydrogens (tertiary/aromatic N) is 1. The van der Waals surface area contributed by atoms with Gasteiger partial charge in [0, 0.05) is 18.3 Å². The van der Waals surface area contributed by atoms with Gasteiger partial charge in [0.1, 0.15) is 11.6 Å². The zero-order valence-corrected chi connectivity index (χ0v) is 14.9. The van der Waals surface area contributed by atoms with Crippen LogP contribution in [0.1, 0.15) is 22.8 Å². The summed E-state index contributed by atoms with van der Waals surface area (Å²) in [7, 11) is 0. The number of benzene rings is 2. The van der Waals surface area contributed by atoms with Crippen molar-refractivity contribution in [2.45, 2.75) is 13.5 Å². The standard InChI is InChI=1S/C21H20FN3O2/c1-2-27-20-10-6-5-9-19(20)25-17-11-16(12-23-14-17)21(26)24-13-15-7-3-4-8-18(15)22/h3-12,14,25H,2,13H2,1H3,(H,24,26). The first kappa shape index (κ1) is 18.4. The smallest absolute Gasteiger partial charge is 0.253 e. The molecule has 0 atom stereocenters. The molecule has 3 rings (SSSR count). The highest BCUT2D eigenvalue weighted by Gasteiger charge is 2.10. The van der Waals surface area contributed by atoms with Crippen LogP contribution in [0.2, 0.25) is 0 Å². The van der Waals surface area contributed by atoms with Crippen LogP contribution in [0.3, 0.4) is 0 Å². The van der Waals surface area contributed by atoms with Gasteiger partial charge in [-0.1, -0.05) is 30.3 Å². The maximum atomic E-state index is 13.7. The number of hydrogen-bond donors (Lipinski definition) is 2. The average Bonchev–Trinajstić information content (AvgIpc) is 2.69. The van der Waals surface area contributed by atoms with Crippen LogP contribution in [0, 0.1) is 5.82 Å². The Bertz CT molecular complexity index is 931. The fourth-order valence-corrected chi connectivity index (χ4v) is 2.56. The van der Waals surface area contributed by atoms with E-state index in [-0.39, 0.29) is 18.3 Å². The number of anilines is 2. The van der Waals surface area contributed by atoms with Gasteiger partial charge in [-0.15, -0.1) is 0 Å². The van der Waals surface area contributed by atoms with Gasteiger partial charge >= 0.3 is 0 Å². The van der Waals surface area contributed by atoms with Gasteiger partial charge in [-0.2, -0.15) is 0 Å². The van der Waals surface area contributed by atoms with E-state index in [1.54, 1.807) is 30.5 Å². The lowest BCUT2D eigenvalue weighted by Gasteiger charge is -2.12. The monoisotopic (exact) mass is 365 g/mol. The Morgan fingerprint density at radius 1 is 1.11 bits per heavy atom. The summed E-state index contributed by atoms with van der Waals surface area (Å²) in [5.74, 6) is 0.0424. The van der Waals surface area contributed by atoms with Crippen molar-refractivity contribution < 1.29 is 13.9 Å². The van der Waals surface area contributed by atoms with E-state index in [1.165, 1.54) is 12.3 Å². The highest BCUT2D eigenvalue weighted by atomic mass is 19.1. The van der Waals surface area contributed by atoms with Gasteiger partial charge in [0.2, 0.25) is 0 Å². The van der Waals surface area contributed by atoms with Crippen LogP contribution < -0.4 is 15.4 Å². The maximum Gasteiger partial charge on any atom is 0.253 e. The first-order valence-corrected chi connectivity index (χ1v) is 8.63. The molecule has 2 aromatic carbocycles. The second-order valence-corrected chi connectivity index (χ2v) is 5.79. The van der Waals surface area contributed by atoms with Crippen molar-refractivity contribution >= 4 is 17.3 Å². The van der Waals surface area contributed by atoms with Crippen LogP contribution in [0.4, 0.5) is 15.8 Å². The van der Waals surface area contributed by atoms with Crippen LogP contribution >= 0.6 is 0 Å². The molecule has 27 heavy (non-hydrogen) atoms. The molecule has 0 aliphatic carbocycles. The van der Waals surface area contributed by atoms with Crippen molar-refractivity contribution in [3.63, 3.8) is 0 Å². The van der Waals surface area contributed by atoms with E-state index in [9.17, 15) is 9.18 Å². The van der Waals surface area contributed by atoms with E-state index in [2.05, 4.69) is 15.6 Å². The first-order valence-electron chi connectivity index (χ1n) is 8.63. The van der Waals surface area contributed by atoms with Gasteiger partial charge in [-0.05, 0) is 31.2 Å². The molecule has 0 aliphatic rings. The quantitative estimate of drug-likeness (QED) is 0.655. The predicted octanol–water partition coefficient (Wildman–Crippen LogP) is 4.29. The molecule has 138 valence electrons. The molecule has 6 heteroatoms. The molecule has 0 aliphatic heterocycles. The Balaban J connectivity index is 1.70. The molecule has 3 aromatic rings. The molecule has 0 fully saturated rings. The van der Waals surface area contributed by atoms with Gasteiger partial charge in [0.15, 0.2) is 0 Å². The Kier molecular flexibility index (Phi) is 5.99.